The molecule has 4 heteroatoms. The van der Waals surface area contributed by atoms with Gasteiger partial charge in [-0.25, -0.2) is 0 Å². The molecule has 0 aromatic heterocycles. The lowest BCUT2D eigenvalue weighted by Crippen LogP contribution is -2.13. The fourth-order valence-corrected chi connectivity index (χ4v) is 1.63. The van der Waals surface area contributed by atoms with Crippen molar-refractivity contribution in [3.8, 4) is 0 Å². The van der Waals surface area contributed by atoms with Crippen LogP contribution in [0.15, 0.2) is 18.2 Å². The summed E-state index contributed by atoms with van der Waals surface area (Å²) in [6.07, 6.45) is 0.674. The molecular weight excluding hydrogens is 214 g/mol. The van der Waals surface area contributed by atoms with Gasteiger partial charge in [0.15, 0.2) is 0 Å². The standard InChI is InChI=1S/C11H14ClNO2/c1-3-8(11(14)15-2)7-4-5-10(13)9(12)6-7/h4-6,8H,3,13H2,1-2H3. The Bertz CT molecular complexity index is 366. The molecule has 82 valence electrons. The third kappa shape index (κ3) is 2.63. The maximum absolute atomic E-state index is 11.4. The van der Waals surface area contributed by atoms with Crippen LogP contribution in [-0.2, 0) is 9.53 Å². The molecule has 0 saturated heterocycles. The van der Waals surface area contributed by atoms with Crippen LogP contribution in [0.4, 0.5) is 5.69 Å². The van der Waals surface area contributed by atoms with E-state index in [4.69, 9.17) is 22.1 Å². The minimum atomic E-state index is -0.270. The van der Waals surface area contributed by atoms with E-state index in [1.54, 1.807) is 18.2 Å². The molecule has 0 spiro atoms. The van der Waals surface area contributed by atoms with Gasteiger partial charge in [-0.1, -0.05) is 24.6 Å². The molecule has 0 aliphatic rings. The molecule has 0 saturated carbocycles. The van der Waals surface area contributed by atoms with Crippen LogP contribution in [0.25, 0.3) is 0 Å². The van der Waals surface area contributed by atoms with Crippen LogP contribution in [0.3, 0.4) is 0 Å². The number of halogens is 1. The number of anilines is 1. The Morgan fingerprint density at radius 1 is 1.60 bits per heavy atom. The highest BCUT2D eigenvalue weighted by Crippen LogP contribution is 2.27. The van der Waals surface area contributed by atoms with Crippen LogP contribution in [0.1, 0.15) is 24.8 Å². The summed E-state index contributed by atoms with van der Waals surface area (Å²) in [6.45, 7) is 1.92. The molecule has 0 heterocycles. The third-order valence-corrected chi connectivity index (χ3v) is 2.65. The quantitative estimate of drug-likeness (QED) is 0.638. The predicted molar refractivity (Wildman–Crippen MR) is 60.9 cm³/mol. The molecule has 1 aromatic carbocycles. The van der Waals surface area contributed by atoms with E-state index in [1.807, 2.05) is 6.92 Å². The number of benzene rings is 1. The zero-order valence-electron chi connectivity index (χ0n) is 8.79. The highest BCUT2D eigenvalue weighted by molar-refractivity contribution is 6.33. The van der Waals surface area contributed by atoms with Gasteiger partial charge in [0.1, 0.15) is 0 Å². The summed E-state index contributed by atoms with van der Waals surface area (Å²) < 4.78 is 4.71. The van der Waals surface area contributed by atoms with Crippen molar-refractivity contribution in [1.29, 1.82) is 0 Å². The van der Waals surface area contributed by atoms with Crippen molar-refractivity contribution in [3.05, 3.63) is 28.8 Å². The Labute approximate surface area is 94.2 Å². The minimum Gasteiger partial charge on any atom is -0.469 e. The first-order valence-corrected chi connectivity index (χ1v) is 5.10. The minimum absolute atomic E-state index is 0.252. The number of esters is 1. The number of hydrogen-bond acceptors (Lipinski definition) is 3. The summed E-state index contributed by atoms with van der Waals surface area (Å²) in [6, 6.07) is 5.21. The van der Waals surface area contributed by atoms with E-state index in [-0.39, 0.29) is 11.9 Å². The number of carbonyl (C=O) groups excluding carboxylic acids is 1. The lowest BCUT2D eigenvalue weighted by atomic mass is 9.96. The number of nitrogen functional groups attached to an aromatic ring is 1. The summed E-state index contributed by atoms with van der Waals surface area (Å²) >= 11 is 5.89. The predicted octanol–water partition coefficient (Wildman–Crippen LogP) is 2.59. The molecule has 1 atom stereocenters. The molecule has 0 aliphatic heterocycles. The number of hydrogen-bond donors (Lipinski definition) is 1. The number of nitrogens with two attached hydrogens (primary N) is 1. The number of methoxy groups -OCH3 is 1. The second kappa shape index (κ2) is 5.03. The van der Waals surface area contributed by atoms with E-state index >= 15 is 0 Å². The van der Waals surface area contributed by atoms with Gasteiger partial charge in [0.25, 0.3) is 0 Å². The summed E-state index contributed by atoms with van der Waals surface area (Å²) in [5, 5.41) is 0.467. The van der Waals surface area contributed by atoms with Gasteiger partial charge in [-0.05, 0) is 24.1 Å². The van der Waals surface area contributed by atoms with Crippen molar-refractivity contribution in [2.45, 2.75) is 19.3 Å². The van der Waals surface area contributed by atoms with Crippen LogP contribution < -0.4 is 5.73 Å². The molecule has 0 fully saturated rings. The van der Waals surface area contributed by atoms with E-state index in [1.165, 1.54) is 7.11 Å². The summed E-state index contributed by atoms with van der Waals surface area (Å²) in [5.41, 5.74) is 6.94. The average molecular weight is 228 g/mol. The smallest absolute Gasteiger partial charge is 0.313 e. The Balaban J connectivity index is 3.02. The lowest BCUT2D eigenvalue weighted by Gasteiger charge is -2.13. The monoisotopic (exact) mass is 227 g/mol. The first-order valence-electron chi connectivity index (χ1n) is 4.72. The average Bonchev–Trinajstić information content (AvgIpc) is 2.24. The highest BCUT2D eigenvalue weighted by Gasteiger charge is 2.19. The van der Waals surface area contributed by atoms with Crippen molar-refractivity contribution in [3.63, 3.8) is 0 Å². The van der Waals surface area contributed by atoms with Crippen molar-refractivity contribution in [2.24, 2.45) is 0 Å². The first kappa shape index (κ1) is 11.9. The topological polar surface area (TPSA) is 52.3 Å². The van der Waals surface area contributed by atoms with Crippen molar-refractivity contribution < 1.29 is 9.53 Å². The third-order valence-electron chi connectivity index (χ3n) is 2.32. The Kier molecular flexibility index (Phi) is 3.97. The SMILES string of the molecule is CCC(C(=O)OC)c1ccc(N)c(Cl)c1. The molecule has 0 radical (unpaired) electrons. The maximum atomic E-state index is 11.4. The van der Waals surface area contributed by atoms with Crippen molar-refractivity contribution in [1.82, 2.24) is 0 Å². The molecule has 15 heavy (non-hydrogen) atoms. The fourth-order valence-electron chi connectivity index (χ4n) is 1.44. The Hall–Kier alpha value is -1.22. The summed E-state index contributed by atoms with van der Waals surface area (Å²) in [7, 11) is 1.38. The van der Waals surface area contributed by atoms with Gasteiger partial charge in [-0.15, -0.1) is 0 Å². The van der Waals surface area contributed by atoms with Gasteiger partial charge >= 0.3 is 5.97 Å². The van der Waals surface area contributed by atoms with Crippen LogP contribution in [0.5, 0.6) is 0 Å². The van der Waals surface area contributed by atoms with Gasteiger partial charge in [-0.2, -0.15) is 0 Å². The molecule has 2 N–H and O–H groups in total. The van der Waals surface area contributed by atoms with Gasteiger partial charge < -0.3 is 10.5 Å². The molecule has 3 nitrogen and oxygen atoms in total. The lowest BCUT2D eigenvalue weighted by molar-refractivity contribution is -0.142. The molecule has 1 unspecified atom stereocenters. The van der Waals surface area contributed by atoms with E-state index < -0.39 is 0 Å². The molecule has 1 aromatic rings. The Morgan fingerprint density at radius 3 is 2.73 bits per heavy atom. The molecular formula is C11H14ClNO2. The van der Waals surface area contributed by atoms with Gasteiger partial charge in [0.2, 0.25) is 0 Å². The van der Waals surface area contributed by atoms with Crippen LogP contribution in [-0.4, -0.2) is 13.1 Å². The van der Waals surface area contributed by atoms with Crippen molar-refractivity contribution in [2.75, 3.05) is 12.8 Å². The highest BCUT2D eigenvalue weighted by atomic mass is 35.5. The first-order chi connectivity index (χ1) is 7.10. The fraction of sp³-hybridized carbons (Fsp3) is 0.364. The van der Waals surface area contributed by atoms with Crippen molar-refractivity contribution >= 4 is 23.3 Å². The van der Waals surface area contributed by atoms with Crippen LogP contribution in [0.2, 0.25) is 5.02 Å². The van der Waals surface area contributed by atoms with Crippen LogP contribution >= 0.6 is 11.6 Å². The summed E-state index contributed by atoms with van der Waals surface area (Å²) in [4.78, 5) is 11.4. The van der Waals surface area contributed by atoms with E-state index in [0.717, 1.165) is 5.56 Å². The Morgan fingerprint density at radius 2 is 2.27 bits per heavy atom. The van der Waals surface area contributed by atoms with Crippen LogP contribution in [0, 0.1) is 0 Å². The van der Waals surface area contributed by atoms with E-state index in [0.29, 0.717) is 17.1 Å². The summed E-state index contributed by atoms with van der Waals surface area (Å²) in [5.74, 6) is -0.522. The second-order valence-corrected chi connectivity index (χ2v) is 3.67. The number of ether oxygens (including phenoxy) is 1. The number of rotatable bonds is 3. The molecule has 0 aliphatic carbocycles. The largest absolute Gasteiger partial charge is 0.469 e. The molecule has 0 amide bonds. The molecule has 0 bridgehead atoms. The second-order valence-electron chi connectivity index (χ2n) is 3.26. The van der Waals surface area contributed by atoms with Gasteiger partial charge in [-0.3, -0.25) is 4.79 Å². The normalized spacial score (nSPS) is 12.2. The van der Waals surface area contributed by atoms with E-state index in [2.05, 4.69) is 0 Å². The zero-order valence-corrected chi connectivity index (χ0v) is 9.54. The number of carbonyl (C=O) groups is 1. The maximum Gasteiger partial charge on any atom is 0.313 e. The van der Waals surface area contributed by atoms with E-state index in [9.17, 15) is 4.79 Å². The van der Waals surface area contributed by atoms with Gasteiger partial charge in [0, 0.05) is 0 Å². The molecule has 1 rings (SSSR count). The zero-order chi connectivity index (χ0) is 11.4. The van der Waals surface area contributed by atoms with Gasteiger partial charge in [0.05, 0.1) is 23.7 Å².